The minimum Gasteiger partial charge on any atom is -0.508 e. The van der Waals surface area contributed by atoms with Crippen LogP contribution in [0.4, 0.5) is 0 Å². The zero-order valence-electron chi connectivity index (χ0n) is 26.1. The zero-order valence-corrected chi connectivity index (χ0v) is 26.1. The third-order valence-electron chi connectivity index (χ3n) is 7.07. The molecule has 0 bridgehead atoms. The molecule has 3 rings (SSSR count). The van der Waals surface area contributed by atoms with Crippen LogP contribution >= 0.6 is 0 Å². The number of phenols is 1. The molecule has 222 valence electrons. The molecule has 3 unspecified atom stereocenters. The van der Waals surface area contributed by atoms with Crippen molar-refractivity contribution in [3.63, 3.8) is 0 Å². The highest BCUT2D eigenvalue weighted by Crippen LogP contribution is 2.44. The topological polar surface area (TPSA) is 65.0 Å². The highest BCUT2D eigenvalue weighted by atomic mass is 16.6. The van der Waals surface area contributed by atoms with Gasteiger partial charge in [0.05, 0.1) is 0 Å². The van der Waals surface area contributed by atoms with Crippen LogP contribution in [0.5, 0.6) is 17.2 Å². The van der Waals surface area contributed by atoms with E-state index in [2.05, 4.69) is 52.8 Å². The summed E-state index contributed by atoms with van der Waals surface area (Å²) < 4.78 is 17.9. The number of phenolic OH excluding ortho intramolecular Hbond substituents is 1. The van der Waals surface area contributed by atoms with Crippen LogP contribution in [0.25, 0.3) is 0 Å². The van der Waals surface area contributed by atoms with Crippen LogP contribution in [0.2, 0.25) is 0 Å². The summed E-state index contributed by atoms with van der Waals surface area (Å²) in [7, 11) is 0. The quantitative estimate of drug-likeness (QED) is 0.224. The number of para-hydroxylation sites is 3. The second-order valence-electron chi connectivity index (χ2n) is 12.9. The summed E-state index contributed by atoms with van der Waals surface area (Å²) in [6, 6.07) is 23.8. The van der Waals surface area contributed by atoms with Crippen LogP contribution in [0.15, 0.2) is 72.8 Å². The second kappa shape index (κ2) is 13.9. The molecule has 0 aromatic heterocycles. The van der Waals surface area contributed by atoms with Gasteiger partial charge in [-0.1, -0.05) is 68.4 Å². The smallest absolute Gasteiger partial charge is 0.344 e. The number of carbonyl (C=O) groups is 1. The molecule has 5 nitrogen and oxygen atoms in total. The first-order valence-electron chi connectivity index (χ1n) is 14.8. The lowest BCUT2D eigenvalue weighted by molar-refractivity contribution is -0.157. The van der Waals surface area contributed by atoms with Gasteiger partial charge in [0.1, 0.15) is 28.5 Å². The van der Waals surface area contributed by atoms with E-state index in [0.29, 0.717) is 11.5 Å². The van der Waals surface area contributed by atoms with Crippen LogP contribution in [0, 0.1) is 0 Å². The zero-order chi connectivity index (χ0) is 30.2. The van der Waals surface area contributed by atoms with Gasteiger partial charge in [-0.3, -0.25) is 0 Å². The van der Waals surface area contributed by atoms with Crippen molar-refractivity contribution in [2.75, 3.05) is 6.61 Å². The van der Waals surface area contributed by atoms with Gasteiger partial charge in [0.25, 0.3) is 0 Å². The third kappa shape index (κ3) is 9.84. The van der Waals surface area contributed by atoms with Crippen molar-refractivity contribution in [3.05, 3.63) is 89.5 Å². The molecule has 0 aliphatic heterocycles. The highest BCUT2D eigenvalue weighted by molar-refractivity contribution is 5.71. The Morgan fingerprint density at radius 3 is 1.88 bits per heavy atom. The molecule has 0 radical (unpaired) electrons. The molecule has 0 saturated heterocycles. The van der Waals surface area contributed by atoms with Crippen LogP contribution in [-0.2, 0) is 9.53 Å². The van der Waals surface area contributed by atoms with Gasteiger partial charge in [-0.05, 0) is 113 Å². The molecule has 0 spiro atoms. The molecule has 0 aliphatic carbocycles. The van der Waals surface area contributed by atoms with E-state index in [1.165, 1.54) is 0 Å². The number of hydrogen-bond donors (Lipinski definition) is 1. The number of benzene rings is 3. The number of hydrogen-bond acceptors (Lipinski definition) is 5. The first-order valence-corrected chi connectivity index (χ1v) is 14.8. The normalized spacial score (nSPS) is 14.1. The number of rotatable bonds is 12. The first kappa shape index (κ1) is 32.0. The van der Waals surface area contributed by atoms with E-state index >= 15 is 0 Å². The summed E-state index contributed by atoms with van der Waals surface area (Å²) >= 11 is 0. The Balaban J connectivity index is 1.97. The van der Waals surface area contributed by atoms with Crippen molar-refractivity contribution in [3.8, 4) is 17.2 Å². The predicted molar refractivity (Wildman–Crippen MR) is 166 cm³/mol. The SMILES string of the molecule is CCC(CC(CC(C)c1ccccc1OC(C)(C)C)c1ccccc1OCC(=O)OC(C)(C)C)c1ccccc1O. The predicted octanol–water partition coefficient (Wildman–Crippen LogP) is 9.15. The van der Waals surface area contributed by atoms with E-state index in [1.807, 2.05) is 69.3 Å². The van der Waals surface area contributed by atoms with Crippen LogP contribution in [-0.4, -0.2) is 28.9 Å². The molecule has 3 aromatic rings. The van der Waals surface area contributed by atoms with Crippen LogP contribution in [0.1, 0.15) is 109 Å². The van der Waals surface area contributed by atoms with Gasteiger partial charge in [0, 0.05) is 0 Å². The minimum atomic E-state index is -0.577. The molecule has 0 heterocycles. The van der Waals surface area contributed by atoms with E-state index in [1.54, 1.807) is 6.07 Å². The fraction of sp³-hybridized carbons (Fsp3) is 0.472. The summed E-state index contributed by atoms with van der Waals surface area (Å²) in [5.74, 6) is 1.92. The van der Waals surface area contributed by atoms with E-state index in [9.17, 15) is 9.90 Å². The Morgan fingerprint density at radius 2 is 1.29 bits per heavy atom. The maximum atomic E-state index is 12.5. The number of esters is 1. The van der Waals surface area contributed by atoms with Crippen molar-refractivity contribution in [1.82, 2.24) is 0 Å². The number of aromatic hydroxyl groups is 1. The van der Waals surface area contributed by atoms with Crippen molar-refractivity contribution < 1.29 is 24.1 Å². The molecule has 0 aliphatic rings. The molecule has 3 aromatic carbocycles. The van der Waals surface area contributed by atoms with Crippen LogP contribution < -0.4 is 9.47 Å². The summed E-state index contributed by atoms with van der Waals surface area (Å²) in [6.45, 7) is 16.0. The first-order chi connectivity index (χ1) is 19.3. The number of ether oxygens (including phenoxy) is 3. The molecular formula is C36H48O5. The Labute approximate surface area is 246 Å². The summed E-state index contributed by atoms with van der Waals surface area (Å²) in [6.07, 6.45) is 2.53. The molecule has 41 heavy (non-hydrogen) atoms. The lowest BCUT2D eigenvalue weighted by Crippen LogP contribution is -2.27. The van der Waals surface area contributed by atoms with Crippen molar-refractivity contribution in [2.45, 2.75) is 104 Å². The van der Waals surface area contributed by atoms with E-state index in [0.717, 1.165) is 41.7 Å². The van der Waals surface area contributed by atoms with Gasteiger partial charge in [-0.25, -0.2) is 4.79 Å². The lowest BCUT2D eigenvalue weighted by Gasteiger charge is -2.30. The maximum absolute atomic E-state index is 12.5. The van der Waals surface area contributed by atoms with E-state index in [4.69, 9.17) is 14.2 Å². The van der Waals surface area contributed by atoms with Gasteiger partial charge in [-0.2, -0.15) is 0 Å². The van der Waals surface area contributed by atoms with Crippen molar-refractivity contribution in [1.29, 1.82) is 0 Å². The molecule has 3 atom stereocenters. The average Bonchev–Trinajstić information content (AvgIpc) is 2.89. The van der Waals surface area contributed by atoms with Gasteiger partial charge >= 0.3 is 5.97 Å². The highest BCUT2D eigenvalue weighted by Gasteiger charge is 2.27. The van der Waals surface area contributed by atoms with Gasteiger partial charge in [0.2, 0.25) is 0 Å². The van der Waals surface area contributed by atoms with Crippen molar-refractivity contribution >= 4 is 5.97 Å². The summed E-state index contributed by atoms with van der Waals surface area (Å²) in [4.78, 5) is 12.5. The third-order valence-corrected chi connectivity index (χ3v) is 7.07. The fourth-order valence-corrected chi connectivity index (χ4v) is 5.36. The lowest BCUT2D eigenvalue weighted by atomic mass is 9.78. The molecule has 0 amide bonds. The summed E-state index contributed by atoms with van der Waals surface area (Å²) in [5.41, 5.74) is 2.28. The molecule has 5 heteroatoms. The Kier molecular flexibility index (Phi) is 10.9. The maximum Gasteiger partial charge on any atom is 0.344 e. The van der Waals surface area contributed by atoms with E-state index in [-0.39, 0.29) is 30.0 Å². The monoisotopic (exact) mass is 560 g/mol. The average molecular weight is 561 g/mol. The van der Waals surface area contributed by atoms with Gasteiger partial charge < -0.3 is 19.3 Å². The Hall–Kier alpha value is -3.47. The Bertz CT molecular complexity index is 1270. The molecule has 0 saturated carbocycles. The van der Waals surface area contributed by atoms with Gasteiger partial charge in [-0.15, -0.1) is 0 Å². The van der Waals surface area contributed by atoms with Crippen molar-refractivity contribution in [2.24, 2.45) is 0 Å². The molecule has 1 N–H and O–H groups in total. The molecule has 0 fully saturated rings. The minimum absolute atomic E-state index is 0.0899. The van der Waals surface area contributed by atoms with E-state index < -0.39 is 11.6 Å². The number of carbonyl (C=O) groups excluding carboxylic acids is 1. The largest absolute Gasteiger partial charge is 0.508 e. The molecular weight excluding hydrogens is 512 g/mol. The summed E-state index contributed by atoms with van der Waals surface area (Å²) in [5, 5.41) is 10.7. The second-order valence-corrected chi connectivity index (χ2v) is 12.9. The Morgan fingerprint density at radius 1 is 0.732 bits per heavy atom. The fourth-order valence-electron chi connectivity index (χ4n) is 5.36. The van der Waals surface area contributed by atoms with Crippen LogP contribution in [0.3, 0.4) is 0 Å². The van der Waals surface area contributed by atoms with Gasteiger partial charge in [0.15, 0.2) is 6.61 Å². The standard InChI is InChI=1S/C36H48O5/c1-9-26(29-17-10-13-19-31(29)37)23-27(22-25(2)28-16-11-15-21-33(28)40-35(3,4)5)30-18-12-14-20-32(30)39-24-34(38)41-36(6,7)8/h10-21,25-27,37H,9,22-24H2,1-8H3.